The first-order valence-electron chi connectivity index (χ1n) is 15.3. The summed E-state index contributed by atoms with van der Waals surface area (Å²) in [5.41, 5.74) is 16.0. The van der Waals surface area contributed by atoms with E-state index in [4.69, 9.17) is 15.3 Å². The van der Waals surface area contributed by atoms with Crippen LogP contribution in [0.1, 0.15) is 66.9 Å². The Balaban J connectivity index is 0.00000259. The summed E-state index contributed by atoms with van der Waals surface area (Å²) in [7, 11) is 7.02. The number of nitrogens with two attached hydrogens (primary N) is 1. The molecule has 2 aliphatic heterocycles. The minimum atomic E-state index is -0.0409. The van der Waals surface area contributed by atoms with Crippen LogP contribution in [-0.4, -0.2) is 74.7 Å². The fourth-order valence-corrected chi connectivity index (χ4v) is 5.50. The molecule has 9 nitrogen and oxygen atoms in total. The number of nitrogens with zero attached hydrogens (tertiary/aromatic N) is 4. The molecular formula is C35H50N6O3. The van der Waals surface area contributed by atoms with Gasteiger partial charge in [0.15, 0.2) is 0 Å². The number of hydrogen-bond acceptors (Lipinski definition) is 8. The molecule has 1 aromatic heterocycles. The number of carbonyl (C=O) groups is 1. The zero-order valence-corrected chi connectivity index (χ0v) is 28.1. The van der Waals surface area contributed by atoms with Crippen LogP contribution < -0.4 is 16.1 Å². The highest BCUT2D eigenvalue weighted by Gasteiger charge is 2.23. The standard InChI is InChI=1S/C33H44N6O3.C2H6/c1-21(18-27-23(3)36-13-9-30(27)39-16-12-29(35-5)31(41-8)20-42-39)24(4)38-14-10-25(11-15-38)32-22(2)17-26(19-28(32)34)33(40)37(6)7;1-2/h9-10,12-13,16-19,24,35H,11,14-15,20,34H2,1-8H3;1-2H3/b21-18+;. The molecule has 44 heavy (non-hydrogen) atoms. The van der Waals surface area contributed by atoms with E-state index in [1.54, 1.807) is 43.4 Å². The number of nitrogens with one attached hydrogen (secondary N) is 1. The van der Waals surface area contributed by atoms with Gasteiger partial charge in [0.2, 0.25) is 0 Å². The summed E-state index contributed by atoms with van der Waals surface area (Å²) >= 11 is 0. The molecule has 0 spiro atoms. The molecule has 0 bridgehead atoms. The molecule has 3 N–H and O–H groups in total. The van der Waals surface area contributed by atoms with E-state index in [-0.39, 0.29) is 11.9 Å². The molecule has 0 saturated carbocycles. The van der Waals surface area contributed by atoms with Crippen LogP contribution in [0, 0.1) is 13.8 Å². The number of pyridine rings is 1. The van der Waals surface area contributed by atoms with E-state index in [2.05, 4.69) is 41.2 Å². The number of rotatable bonds is 8. The topological polar surface area (TPSA) is 96.2 Å². The molecule has 9 heteroatoms. The Morgan fingerprint density at radius 3 is 2.57 bits per heavy atom. The predicted octanol–water partition coefficient (Wildman–Crippen LogP) is 5.93. The number of methoxy groups -OCH3 is 1. The van der Waals surface area contributed by atoms with Gasteiger partial charge in [0.1, 0.15) is 12.4 Å². The second-order valence-corrected chi connectivity index (χ2v) is 11.0. The van der Waals surface area contributed by atoms with Gasteiger partial charge in [0, 0.05) is 80.7 Å². The van der Waals surface area contributed by atoms with Crippen LogP contribution in [0.15, 0.2) is 59.8 Å². The van der Waals surface area contributed by atoms with Gasteiger partial charge in [-0.2, -0.15) is 0 Å². The smallest absolute Gasteiger partial charge is 0.253 e. The number of ether oxygens (including phenoxy) is 1. The molecule has 1 atom stereocenters. The van der Waals surface area contributed by atoms with Crippen LogP contribution >= 0.6 is 0 Å². The number of carbonyl (C=O) groups excluding carboxylic acids is 1. The molecule has 0 radical (unpaired) electrons. The lowest BCUT2D eigenvalue weighted by Gasteiger charge is -2.33. The number of aryl methyl sites for hydroxylation is 2. The van der Waals surface area contributed by atoms with Crippen LogP contribution in [0.5, 0.6) is 0 Å². The largest absolute Gasteiger partial charge is 0.496 e. The van der Waals surface area contributed by atoms with E-state index in [1.807, 2.05) is 59.2 Å². The van der Waals surface area contributed by atoms with E-state index in [9.17, 15) is 4.79 Å². The molecule has 1 aromatic carbocycles. The summed E-state index contributed by atoms with van der Waals surface area (Å²) in [6, 6.07) is 5.93. The fourth-order valence-electron chi connectivity index (χ4n) is 5.50. The Morgan fingerprint density at radius 2 is 1.98 bits per heavy atom. The molecule has 0 saturated heterocycles. The molecule has 4 rings (SSSR count). The summed E-state index contributed by atoms with van der Waals surface area (Å²) in [4.78, 5) is 27.2. The number of likely N-dealkylation sites (N-methyl/N-ethyl adjacent to an activating group) is 1. The van der Waals surface area contributed by atoms with Gasteiger partial charge in [0.25, 0.3) is 5.91 Å². The van der Waals surface area contributed by atoms with Crippen molar-refractivity contribution < 1.29 is 14.4 Å². The number of benzene rings is 1. The van der Waals surface area contributed by atoms with Gasteiger partial charge < -0.3 is 20.7 Å². The van der Waals surface area contributed by atoms with E-state index in [0.717, 1.165) is 59.0 Å². The van der Waals surface area contributed by atoms with Crippen molar-refractivity contribution in [1.82, 2.24) is 20.1 Å². The molecule has 2 aromatic rings. The van der Waals surface area contributed by atoms with Crippen LogP contribution in [0.4, 0.5) is 11.4 Å². The Labute approximate surface area is 263 Å². The monoisotopic (exact) mass is 602 g/mol. The number of anilines is 2. The van der Waals surface area contributed by atoms with Crippen molar-refractivity contribution in [3.63, 3.8) is 0 Å². The van der Waals surface area contributed by atoms with E-state index in [0.29, 0.717) is 17.9 Å². The molecule has 2 aliphatic rings. The van der Waals surface area contributed by atoms with Crippen LogP contribution in [0.2, 0.25) is 0 Å². The van der Waals surface area contributed by atoms with E-state index >= 15 is 0 Å². The molecule has 0 aliphatic carbocycles. The predicted molar refractivity (Wildman–Crippen MR) is 182 cm³/mol. The summed E-state index contributed by atoms with van der Waals surface area (Å²) in [5.74, 6) is 0.692. The maximum atomic E-state index is 12.5. The van der Waals surface area contributed by atoms with Crippen LogP contribution in [-0.2, 0) is 9.57 Å². The van der Waals surface area contributed by atoms with E-state index < -0.39 is 0 Å². The number of amides is 1. The molecule has 3 heterocycles. The Morgan fingerprint density at radius 1 is 1.25 bits per heavy atom. The van der Waals surface area contributed by atoms with Gasteiger partial charge in [-0.1, -0.05) is 31.6 Å². The summed E-state index contributed by atoms with van der Waals surface area (Å²) < 4.78 is 5.51. The molecular weight excluding hydrogens is 552 g/mol. The zero-order chi connectivity index (χ0) is 32.6. The van der Waals surface area contributed by atoms with Crippen LogP contribution in [0.25, 0.3) is 11.6 Å². The van der Waals surface area contributed by atoms with Gasteiger partial charge in [-0.25, -0.2) is 5.06 Å². The quantitative estimate of drug-likeness (QED) is 0.359. The van der Waals surface area contributed by atoms with Gasteiger partial charge in [-0.15, -0.1) is 0 Å². The summed E-state index contributed by atoms with van der Waals surface area (Å²) in [5, 5.41) is 4.94. The number of nitrogen functional groups attached to an aromatic ring is 1. The molecule has 0 fully saturated rings. The maximum absolute atomic E-state index is 12.5. The Bertz CT molecular complexity index is 1430. The second-order valence-electron chi connectivity index (χ2n) is 11.0. The number of allylic oxidation sites excluding steroid dienone is 1. The first-order chi connectivity index (χ1) is 21.0. The van der Waals surface area contributed by atoms with Crippen molar-refractivity contribution in [2.75, 3.05) is 58.7 Å². The van der Waals surface area contributed by atoms with Crippen molar-refractivity contribution in [2.24, 2.45) is 0 Å². The Hall–Kier alpha value is -4.08. The first-order valence-corrected chi connectivity index (χ1v) is 15.3. The number of hydroxylamine groups is 1. The lowest BCUT2D eigenvalue weighted by Crippen LogP contribution is -2.37. The van der Waals surface area contributed by atoms with Gasteiger partial charge in [0.05, 0.1) is 18.5 Å². The molecule has 1 unspecified atom stereocenters. The van der Waals surface area contributed by atoms with Crippen molar-refractivity contribution in [3.8, 4) is 0 Å². The SMILES string of the molecule is CC.CNC1=C(OC)CON(c2ccnc(C)c2/C=C(\C)C(C)N2CC=C(c3c(C)cc(C(=O)N(C)C)cc3N)CC2)C=C1. The Kier molecular flexibility index (Phi) is 12.2. The van der Waals surface area contributed by atoms with Gasteiger partial charge >= 0.3 is 0 Å². The van der Waals surface area contributed by atoms with Crippen LogP contribution in [0.3, 0.4) is 0 Å². The lowest BCUT2D eigenvalue weighted by atomic mass is 9.91. The highest BCUT2D eigenvalue weighted by atomic mass is 16.7. The third-order valence-electron chi connectivity index (χ3n) is 8.09. The summed E-state index contributed by atoms with van der Waals surface area (Å²) in [6.07, 6.45) is 11.0. The van der Waals surface area contributed by atoms with E-state index in [1.165, 1.54) is 11.1 Å². The third-order valence-corrected chi connectivity index (χ3v) is 8.09. The number of hydrogen-bond donors (Lipinski definition) is 2. The minimum Gasteiger partial charge on any atom is -0.496 e. The second kappa shape index (κ2) is 15.6. The average Bonchev–Trinajstić information content (AvgIpc) is 3.24. The van der Waals surface area contributed by atoms with Crippen molar-refractivity contribution in [2.45, 2.75) is 54.0 Å². The summed E-state index contributed by atoms with van der Waals surface area (Å²) in [6.45, 7) is 14.5. The normalized spacial score (nSPS) is 16.5. The fraction of sp³-hybridized carbons (Fsp3) is 0.429. The van der Waals surface area contributed by atoms with Gasteiger partial charge in [-0.05, 0) is 69.5 Å². The first kappa shape index (κ1) is 34.4. The zero-order valence-electron chi connectivity index (χ0n) is 28.1. The number of aromatic nitrogens is 1. The maximum Gasteiger partial charge on any atom is 0.253 e. The minimum absolute atomic E-state index is 0.0409. The average molecular weight is 603 g/mol. The van der Waals surface area contributed by atoms with Gasteiger partial charge in [-0.3, -0.25) is 19.5 Å². The molecule has 238 valence electrons. The third kappa shape index (κ3) is 7.70. The highest BCUT2D eigenvalue weighted by Crippen LogP contribution is 2.33. The lowest BCUT2D eigenvalue weighted by molar-refractivity contribution is 0.0827. The molecule has 1 amide bonds. The van der Waals surface area contributed by atoms with Crippen molar-refractivity contribution >= 4 is 28.9 Å². The highest BCUT2D eigenvalue weighted by molar-refractivity contribution is 5.96. The van der Waals surface area contributed by atoms with Crippen molar-refractivity contribution in [3.05, 3.63) is 87.7 Å². The van der Waals surface area contributed by atoms with Crippen molar-refractivity contribution in [1.29, 1.82) is 0 Å².